The van der Waals surface area contributed by atoms with E-state index in [1.807, 2.05) is 37.1 Å². The molecule has 4 N–H and O–H groups in total. The van der Waals surface area contributed by atoms with E-state index in [4.69, 9.17) is 11.1 Å². The molecule has 0 aliphatic carbocycles. The molecule has 0 fully saturated rings. The number of rotatable bonds is 4. The predicted octanol–water partition coefficient (Wildman–Crippen LogP) is 1.49. The molecule has 0 aliphatic heterocycles. The molecule has 0 radical (unpaired) electrons. The third-order valence-electron chi connectivity index (χ3n) is 2.57. The van der Waals surface area contributed by atoms with E-state index in [0.717, 1.165) is 16.8 Å². The minimum atomic E-state index is -0.734. The zero-order chi connectivity index (χ0) is 13.2. The number of nitrogens with zero attached hydrogens (tertiary/aromatic N) is 1. The molecule has 1 aromatic carbocycles. The summed E-state index contributed by atoms with van der Waals surface area (Å²) < 4.78 is 0. The second-order valence-electron chi connectivity index (χ2n) is 5.08. The van der Waals surface area contributed by atoms with Crippen LogP contribution in [0.1, 0.15) is 25.0 Å². The fourth-order valence-electron chi connectivity index (χ4n) is 1.86. The van der Waals surface area contributed by atoms with Gasteiger partial charge in [-0.05, 0) is 44.5 Å². The number of aryl methyl sites for hydroxylation is 1. The molecule has 17 heavy (non-hydrogen) atoms. The average Bonchev–Trinajstić information content (AvgIpc) is 2.14. The molecule has 4 nitrogen and oxygen atoms in total. The molecule has 4 heteroatoms. The molecule has 0 saturated carbocycles. The summed E-state index contributed by atoms with van der Waals surface area (Å²) in [5.41, 5.74) is 7.47. The van der Waals surface area contributed by atoms with Gasteiger partial charge in [-0.15, -0.1) is 0 Å². The Kier molecular flexibility index (Phi) is 3.78. The van der Waals surface area contributed by atoms with Crippen LogP contribution in [0.15, 0.2) is 18.2 Å². The Labute approximate surface area is 103 Å². The molecular formula is C13H21N3O. The van der Waals surface area contributed by atoms with Crippen LogP contribution in [-0.4, -0.2) is 30.1 Å². The van der Waals surface area contributed by atoms with E-state index in [-0.39, 0.29) is 5.84 Å². The molecule has 0 unspecified atom stereocenters. The van der Waals surface area contributed by atoms with Gasteiger partial charge in [-0.3, -0.25) is 5.41 Å². The third kappa shape index (κ3) is 3.75. The van der Waals surface area contributed by atoms with Crippen LogP contribution >= 0.6 is 0 Å². The second kappa shape index (κ2) is 4.75. The Morgan fingerprint density at radius 2 is 2.06 bits per heavy atom. The van der Waals surface area contributed by atoms with Gasteiger partial charge in [-0.1, -0.05) is 0 Å². The molecule has 1 rings (SSSR count). The number of benzene rings is 1. The summed E-state index contributed by atoms with van der Waals surface area (Å²) in [7, 11) is 1.93. The molecule has 0 aromatic heterocycles. The first-order valence-corrected chi connectivity index (χ1v) is 5.59. The first-order valence-electron chi connectivity index (χ1n) is 5.59. The molecule has 0 heterocycles. The maximum atomic E-state index is 9.77. The lowest BCUT2D eigenvalue weighted by atomic mass is 10.1. The second-order valence-corrected chi connectivity index (χ2v) is 5.08. The van der Waals surface area contributed by atoms with Crippen molar-refractivity contribution >= 4 is 11.5 Å². The highest BCUT2D eigenvalue weighted by atomic mass is 16.3. The minimum Gasteiger partial charge on any atom is -0.389 e. The lowest BCUT2D eigenvalue weighted by Gasteiger charge is -2.27. The number of anilines is 1. The zero-order valence-corrected chi connectivity index (χ0v) is 10.9. The monoisotopic (exact) mass is 235 g/mol. The molecule has 0 amide bonds. The van der Waals surface area contributed by atoms with Crippen LogP contribution in [0.3, 0.4) is 0 Å². The van der Waals surface area contributed by atoms with Crippen LogP contribution in [0.5, 0.6) is 0 Å². The van der Waals surface area contributed by atoms with Crippen molar-refractivity contribution in [3.05, 3.63) is 29.3 Å². The zero-order valence-electron chi connectivity index (χ0n) is 10.9. The average molecular weight is 235 g/mol. The van der Waals surface area contributed by atoms with E-state index in [1.54, 1.807) is 13.8 Å². The molecule has 0 spiro atoms. The number of nitrogens with two attached hydrogens (primary N) is 1. The Morgan fingerprint density at radius 1 is 1.47 bits per heavy atom. The number of nitrogens with one attached hydrogen (secondary N) is 1. The van der Waals surface area contributed by atoms with Gasteiger partial charge in [0, 0.05) is 24.8 Å². The predicted molar refractivity (Wildman–Crippen MR) is 71.8 cm³/mol. The van der Waals surface area contributed by atoms with E-state index in [1.165, 1.54) is 0 Å². The van der Waals surface area contributed by atoms with Gasteiger partial charge in [0.1, 0.15) is 5.84 Å². The smallest absolute Gasteiger partial charge is 0.123 e. The van der Waals surface area contributed by atoms with Gasteiger partial charge < -0.3 is 15.7 Å². The van der Waals surface area contributed by atoms with Crippen LogP contribution in [-0.2, 0) is 0 Å². The normalized spacial score (nSPS) is 11.4. The lowest BCUT2D eigenvalue weighted by Crippen LogP contribution is -2.36. The van der Waals surface area contributed by atoms with Gasteiger partial charge >= 0.3 is 0 Å². The summed E-state index contributed by atoms with van der Waals surface area (Å²) in [5, 5.41) is 17.2. The topological polar surface area (TPSA) is 73.3 Å². The van der Waals surface area contributed by atoms with Crippen molar-refractivity contribution < 1.29 is 5.11 Å². The first kappa shape index (κ1) is 13.5. The van der Waals surface area contributed by atoms with Gasteiger partial charge in [0.25, 0.3) is 0 Å². The summed E-state index contributed by atoms with van der Waals surface area (Å²) in [5.74, 6) is 0.0826. The summed E-state index contributed by atoms with van der Waals surface area (Å²) in [4.78, 5) is 1.98. The van der Waals surface area contributed by atoms with Crippen molar-refractivity contribution in [2.75, 3.05) is 18.5 Å². The van der Waals surface area contributed by atoms with Gasteiger partial charge in [-0.25, -0.2) is 0 Å². The summed E-state index contributed by atoms with van der Waals surface area (Å²) in [6.45, 7) is 6.03. The van der Waals surface area contributed by atoms with Crippen molar-refractivity contribution in [2.24, 2.45) is 5.73 Å². The van der Waals surface area contributed by atoms with E-state index < -0.39 is 5.60 Å². The molecule has 0 saturated heterocycles. The van der Waals surface area contributed by atoms with E-state index >= 15 is 0 Å². The Bertz CT molecular complexity index is 421. The van der Waals surface area contributed by atoms with E-state index in [2.05, 4.69) is 0 Å². The quantitative estimate of drug-likeness (QED) is 0.547. The molecule has 94 valence electrons. The van der Waals surface area contributed by atoms with Crippen LogP contribution in [0.4, 0.5) is 5.69 Å². The third-order valence-corrected chi connectivity index (χ3v) is 2.57. The van der Waals surface area contributed by atoms with Crippen molar-refractivity contribution in [2.45, 2.75) is 26.4 Å². The van der Waals surface area contributed by atoms with Gasteiger partial charge in [0.15, 0.2) is 0 Å². The number of aliphatic hydroxyl groups is 1. The van der Waals surface area contributed by atoms with Crippen LogP contribution in [0, 0.1) is 12.3 Å². The maximum absolute atomic E-state index is 9.77. The summed E-state index contributed by atoms with van der Waals surface area (Å²) >= 11 is 0. The highest BCUT2D eigenvalue weighted by Crippen LogP contribution is 2.19. The maximum Gasteiger partial charge on any atom is 0.123 e. The van der Waals surface area contributed by atoms with Crippen molar-refractivity contribution in [3.63, 3.8) is 0 Å². The number of hydrogen-bond donors (Lipinski definition) is 3. The van der Waals surface area contributed by atoms with Crippen LogP contribution in [0.2, 0.25) is 0 Å². The van der Waals surface area contributed by atoms with Crippen molar-refractivity contribution in [1.82, 2.24) is 0 Å². The Morgan fingerprint density at radius 3 is 2.47 bits per heavy atom. The first-order chi connectivity index (χ1) is 7.70. The molecular weight excluding hydrogens is 214 g/mol. The number of nitrogen functional groups attached to an aromatic ring is 1. The van der Waals surface area contributed by atoms with E-state index in [0.29, 0.717) is 6.54 Å². The minimum absolute atomic E-state index is 0.0826. The van der Waals surface area contributed by atoms with Crippen molar-refractivity contribution in [3.8, 4) is 0 Å². The number of likely N-dealkylation sites (N-methyl/N-ethyl adjacent to an activating group) is 1. The highest BCUT2D eigenvalue weighted by molar-refractivity contribution is 5.96. The largest absolute Gasteiger partial charge is 0.389 e. The SMILES string of the molecule is Cc1cc(N(C)CC(C)(C)O)ccc1C(=N)N. The van der Waals surface area contributed by atoms with Crippen molar-refractivity contribution in [1.29, 1.82) is 5.41 Å². The number of amidine groups is 1. The fraction of sp³-hybridized carbons (Fsp3) is 0.462. The standard InChI is InChI=1S/C13H21N3O/c1-9-7-10(5-6-11(9)12(14)15)16(4)8-13(2,3)17/h5-7,17H,8H2,1-4H3,(H3,14,15). The van der Waals surface area contributed by atoms with Crippen LogP contribution in [0.25, 0.3) is 0 Å². The fourth-order valence-corrected chi connectivity index (χ4v) is 1.86. The summed E-state index contributed by atoms with van der Waals surface area (Å²) in [6.07, 6.45) is 0. The summed E-state index contributed by atoms with van der Waals surface area (Å²) in [6, 6.07) is 5.73. The number of hydrogen-bond acceptors (Lipinski definition) is 3. The lowest BCUT2D eigenvalue weighted by molar-refractivity contribution is 0.0886. The van der Waals surface area contributed by atoms with Gasteiger partial charge in [0.2, 0.25) is 0 Å². The van der Waals surface area contributed by atoms with Crippen LogP contribution < -0.4 is 10.6 Å². The molecule has 1 aromatic rings. The highest BCUT2D eigenvalue weighted by Gasteiger charge is 2.16. The Hall–Kier alpha value is -1.55. The van der Waals surface area contributed by atoms with E-state index in [9.17, 15) is 5.11 Å². The Balaban J connectivity index is 2.94. The molecule has 0 bridgehead atoms. The van der Waals surface area contributed by atoms with Gasteiger partial charge in [0.05, 0.1) is 5.60 Å². The molecule has 0 aliphatic rings. The van der Waals surface area contributed by atoms with Gasteiger partial charge in [-0.2, -0.15) is 0 Å². The molecule has 0 atom stereocenters.